The summed E-state index contributed by atoms with van der Waals surface area (Å²) in [5, 5.41) is 14.0. The second kappa shape index (κ2) is 8.73. The summed E-state index contributed by atoms with van der Waals surface area (Å²) in [5.74, 6) is -1.02. The molecule has 3 rings (SSSR count). The Morgan fingerprint density at radius 1 is 1.29 bits per heavy atom. The van der Waals surface area contributed by atoms with Crippen LogP contribution in [-0.4, -0.2) is 36.2 Å². The first kappa shape index (κ1) is 19.7. The van der Waals surface area contributed by atoms with Crippen LogP contribution in [0.4, 0.5) is 5.69 Å². The highest BCUT2D eigenvalue weighted by atomic mass is 16.7. The van der Waals surface area contributed by atoms with Crippen molar-refractivity contribution in [2.24, 2.45) is 0 Å². The van der Waals surface area contributed by atoms with Gasteiger partial charge in [0, 0.05) is 12.6 Å². The Morgan fingerprint density at radius 2 is 2.04 bits per heavy atom. The lowest BCUT2D eigenvalue weighted by molar-refractivity contribution is -0.385. The van der Waals surface area contributed by atoms with Crippen molar-refractivity contribution in [1.82, 2.24) is 5.32 Å². The first-order valence-corrected chi connectivity index (χ1v) is 9.20. The van der Waals surface area contributed by atoms with E-state index in [2.05, 4.69) is 11.4 Å². The lowest BCUT2D eigenvalue weighted by atomic mass is 9.97. The van der Waals surface area contributed by atoms with E-state index in [1.54, 1.807) is 0 Å². The van der Waals surface area contributed by atoms with Gasteiger partial charge in [0.05, 0.1) is 11.0 Å². The van der Waals surface area contributed by atoms with Gasteiger partial charge in [0.25, 0.3) is 11.6 Å². The molecule has 0 unspecified atom stereocenters. The molecule has 0 radical (unpaired) electrons. The fourth-order valence-electron chi connectivity index (χ4n) is 3.15. The van der Waals surface area contributed by atoms with Crippen molar-refractivity contribution in [3.63, 3.8) is 0 Å². The number of allylic oxidation sites excluding steroid dienone is 1. The highest BCUT2D eigenvalue weighted by Gasteiger charge is 2.30. The van der Waals surface area contributed by atoms with Gasteiger partial charge in [0.2, 0.25) is 6.79 Å². The van der Waals surface area contributed by atoms with Crippen molar-refractivity contribution >= 4 is 17.6 Å². The minimum Gasteiger partial charge on any atom is -0.454 e. The molecule has 150 valence electrons. The number of nitro groups is 1. The second-order valence-electron chi connectivity index (χ2n) is 6.68. The molecule has 1 atom stereocenters. The molecule has 0 saturated carbocycles. The third-order valence-corrected chi connectivity index (χ3v) is 4.69. The number of ether oxygens (including phenoxy) is 3. The van der Waals surface area contributed by atoms with Gasteiger partial charge in [-0.2, -0.15) is 0 Å². The lowest BCUT2D eigenvalue weighted by Gasteiger charge is -2.15. The van der Waals surface area contributed by atoms with Crippen molar-refractivity contribution in [3.8, 4) is 11.5 Å². The third kappa shape index (κ3) is 4.59. The zero-order chi connectivity index (χ0) is 20.1. The van der Waals surface area contributed by atoms with E-state index in [0.717, 1.165) is 25.3 Å². The molecular formula is C19H22N2O7. The fraction of sp³-hybridized carbons (Fsp3) is 0.474. The van der Waals surface area contributed by atoms with Crippen molar-refractivity contribution in [1.29, 1.82) is 0 Å². The molecule has 28 heavy (non-hydrogen) atoms. The van der Waals surface area contributed by atoms with Gasteiger partial charge in [-0.05, 0) is 39.0 Å². The fourth-order valence-corrected chi connectivity index (χ4v) is 3.15. The Labute approximate surface area is 161 Å². The number of carbonyl (C=O) groups is 2. The summed E-state index contributed by atoms with van der Waals surface area (Å²) in [6, 6.07) is 2.31. The summed E-state index contributed by atoms with van der Waals surface area (Å²) in [7, 11) is 0. The number of esters is 1. The second-order valence-corrected chi connectivity index (χ2v) is 6.68. The number of benzene rings is 1. The summed E-state index contributed by atoms with van der Waals surface area (Å²) in [4.78, 5) is 35.1. The number of rotatable bonds is 7. The predicted octanol–water partition coefficient (Wildman–Crippen LogP) is 2.88. The maximum Gasteiger partial charge on any atom is 0.346 e. The summed E-state index contributed by atoms with van der Waals surface area (Å²) in [6.07, 6.45) is 6.38. The number of hydrogen-bond acceptors (Lipinski definition) is 7. The average molecular weight is 390 g/mol. The van der Waals surface area contributed by atoms with Gasteiger partial charge >= 0.3 is 5.97 Å². The lowest BCUT2D eigenvalue weighted by Crippen LogP contribution is -2.36. The maximum atomic E-state index is 12.4. The number of carbonyl (C=O) groups excluding carboxylic acids is 2. The zero-order valence-corrected chi connectivity index (χ0v) is 15.6. The van der Waals surface area contributed by atoms with E-state index >= 15 is 0 Å². The number of hydrogen-bond donors (Lipinski definition) is 1. The van der Waals surface area contributed by atoms with E-state index in [1.807, 2.05) is 0 Å². The van der Waals surface area contributed by atoms with Gasteiger partial charge in [0.15, 0.2) is 17.6 Å². The largest absolute Gasteiger partial charge is 0.454 e. The summed E-state index contributed by atoms with van der Waals surface area (Å²) < 4.78 is 15.4. The normalized spacial score (nSPS) is 16.1. The van der Waals surface area contributed by atoms with Crippen LogP contribution in [0.15, 0.2) is 23.8 Å². The van der Waals surface area contributed by atoms with Crippen molar-refractivity contribution < 1.29 is 28.7 Å². The Kier molecular flexibility index (Phi) is 6.13. The number of nitro benzene ring substituents is 1. The first-order chi connectivity index (χ1) is 13.5. The predicted molar refractivity (Wildman–Crippen MR) is 98.3 cm³/mol. The SMILES string of the molecule is C[C@@H](OC(=O)c1cc2c(cc1[N+](=O)[O-])OCO2)C(=O)NCCC1=CCCCC1. The number of nitrogens with one attached hydrogen (secondary N) is 1. The zero-order valence-electron chi connectivity index (χ0n) is 15.6. The first-order valence-electron chi connectivity index (χ1n) is 9.20. The van der Waals surface area contributed by atoms with Crippen LogP contribution in [-0.2, 0) is 9.53 Å². The Balaban J connectivity index is 1.58. The van der Waals surface area contributed by atoms with Crippen LogP contribution in [0.1, 0.15) is 49.4 Å². The highest BCUT2D eigenvalue weighted by Crippen LogP contribution is 2.38. The topological polar surface area (TPSA) is 117 Å². The van der Waals surface area contributed by atoms with Crippen molar-refractivity contribution in [2.75, 3.05) is 13.3 Å². The summed E-state index contributed by atoms with van der Waals surface area (Å²) in [6.45, 7) is 1.79. The molecule has 2 aliphatic rings. The molecule has 1 heterocycles. The van der Waals surface area contributed by atoms with Crippen LogP contribution in [0.25, 0.3) is 0 Å². The molecular weight excluding hydrogens is 368 g/mol. The summed E-state index contributed by atoms with van der Waals surface area (Å²) in [5.41, 5.74) is 0.569. The van der Waals surface area contributed by atoms with Gasteiger partial charge in [0.1, 0.15) is 5.56 Å². The molecule has 0 bridgehead atoms. The van der Waals surface area contributed by atoms with E-state index in [0.29, 0.717) is 6.54 Å². The molecule has 0 saturated heterocycles. The van der Waals surface area contributed by atoms with E-state index in [-0.39, 0.29) is 23.9 Å². The Bertz CT molecular complexity index is 819. The van der Waals surface area contributed by atoms with Crippen LogP contribution in [0.3, 0.4) is 0 Å². The molecule has 0 fully saturated rings. The van der Waals surface area contributed by atoms with E-state index in [1.165, 1.54) is 31.4 Å². The van der Waals surface area contributed by atoms with Crippen LogP contribution < -0.4 is 14.8 Å². The average Bonchev–Trinajstić information content (AvgIpc) is 3.15. The van der Waals surface area contributed by atoms with Crippen LogP contribution in [0.2, 0.25) is 0 Å². The van der Waals surface area contributed by atoms with E-state index in [9.17, 15) is 19.7 Å². The number of nitrogens with zero attached hydrogens (tertiary/aromatic N) is 1. The molecule has 0 aromatic heterocycles. The maximum absolute atomic E-state index is 12.4. The van der Waals surface area contributed by atoms with Gasteiger partial charge in [-0.3, -0.25) is 14.9 Å². The Morgan fingerprint density at radius 3 is 2.71 bits per heavy atom. The molecule has 1 aliphatic carbocycles. The molecule has 1 amide bonds. The van der Waals surface area contributed by atoms with Gasteiger partial charge in [-0.1, -0.05) is 11.6 Å². The summed E-state index contributed by atoms with van der Waals surface area (Å²) >= 11 is 0. The molecule has 1 aromatic rings. The number of amides is 1. The van der Waals surface area contributed by atoms with Crippen LogP contribution in [0, 0.1) is 10.1 Å². The molecule has 1 aliphatic heterocycles. The highest BCUT2D eigenvalue weighted by molar-refractivity contribution is 5.96. The van der Waals surface area contributed by atoms with E-state index in [4.69, 9.17) is 14.2 Å². The quantitative estimate of drug-likeness (QED) is 0.329. The van der Waals surface area contributed by atoms with Gasteiger partial charge in [-0.15, -0.1) is 0 Å². The number of fused-ring (bicyclic) bond motifs is 1. The Hall–Kier alpha value is -3.10. The van der Waals surface area contributed by atoms with Crippen molar-refractivity contribution in [2.45, 2.75) is 45.1 Å². The van der Waals surface area contributed by atoms with E-state index < -0.39 is 28.6 Å². The molecule has 1 aromatic carbocycles. The molecule has 1 N–H and O–H groups in total. The van der Waals surface area contributed by atoms with Crippen molar-refractivity contribution in [3.05, 3.63) is 39.5 Å². The minimum absolute atomic E-state index is 0.0831. The molecule has 9 heteroatoms. The van der Waals surface area contributed by atoms with Crippen LogP contribution >= 0.6 is 0 Å². The smallest absolute Gasteiger partial charge is 0.346 e. The van der Waals surface area contributed by atoms with Crippen LogP contribution in [0.5, 0.6) is 11.5 Å². The molecule has 0 spiro atoms. The van der Waals surface area contributed by atoms with Gasteiger partial charge < -0.3 is 19.5 Å². The van der Waals surface area contributed by atoms with Gasteiger partial charge in [-0.25, -0.2) is 4.79 Å². The monoisotopic (exact) mass is 390 g/mol. The standard InChI is InChI=1S/C19H22N2O7/c1-12(18(22)20-8-7-13-5-3-2-4-6-13)28-19(23)14-9-16-17(27-11-26-16)10-15(14)21(24)25/h5,9-10,12H,2-4,6-8,11H2,1H3,(H,20,22)/t12-/m1/s1. The molecule has 9 nitrogen and oxygen atoms in total. The minimum atomic E-state index is -1.09. The third-order valence-electron chi connectivity index (χ3n) is 4.69.